The molecule has 0 amide bonds. The fourth-order valence-electron chi connectivity index (χ4n) is 1.96. The zero-order chi connectivity index (χ0) is 11.5. The first-order valence-electron chi connectivity index (χ1n) is 5.23. The maximum absolute atomic E-state index is 10.7. The highest BCUT2D eigenvalue weighted by atomic mass is 16.6. The number of ether oxygens (including phenoxy) is 1. The highest BCUT2D eigenvalue weighted by Gasteiger charge is 2.23. The SMILES string of the molecule is COC1CCN(c2cccc([N+](=O)[O-])c2)C1. The van der Waals surface area contributed by atoms with Crippen LogP contribution >= 0.6 is 0 Å². The average molecular weight is 222 g/mol. The maximum Gasteiger partial charge on any atom is 0.271 e. The van der Waals surface area contributed by atoms with Crippen LogP contribution in [0.3, 0.4) is 0 Å². The minimum absolute atomic E-state index is 0.137. The van der Waals surface area contributed by atoms with Crippen LogP contribution in [-0.4, -0.2) is 31.2 Å². The normalized spacial score (nSPS) is 20.1. The van der Waals surface area contributed by atoms with Crippen molar-refractivity contribution in [1.82, 2.24) is 0 Å². The Balaban J connectivity index is 2.15. The van der Waals surface area contributed by atoms with Crippen molar-refractivity contribution in [2.45, 2.75) is 12.5 Å². The number of non-ortho nitro benzene ring substituents is 1. The van der Waals surface area contributed by atoms with E-state index in [4.69, 9.17) is 4.74 Å². The van der Waals surface area contributed by atoms with Crippen molar-refractivity contribution in [1.29, 1.82) is 0 Å². The smallest absolute Gasteiger partial charge is 0.271 e. The van der Waals surface area contributed by atoms with Gasteiger partial charge in [0.1, 0.15) is 0 Å². The Hall–Kier alpha value is -1.62. The fraction of sp³-hybridized carbons (Fsp3) is 0.455. The van der Waals surface area contributed by atoms with Crippen LogP contribution in [0.1, 0.15) is 6.42 Å². The molecule has 1 aromatic carbocycles. The third kappa shape index (κ3) is 2.14. The monoisotopic (exact) mass is 222 g/mol. The first-order chi connectivity index (χ1) is 7.70. The van der Waals surface area contributed by atoms with Gasteiger partial charge >= 0.3 is 0 Å². The summed E-state index contributed by atoms with van der Waals surface area (Å²) in [6.45, 7) is 1.69. The second-order valence-electron chi connectivity index (χ2n) is 3.87. The van der Waals surface area contributed by atoms with Crippen molar-refractivity contribution in [3.63, 3.8) is 0 Å². The Bertz CT molecular complexity index is 395. The summed E-state index contributed by atoms with van der Waals surface area (Å²) in [4.78, 5) is 12.4. The van der Waals surface area contributed by atoms with E-state index in [1.54, 1.807) is 19.2 Å². The van der Waals surface area contributed by atoms with Crippen LogP contribution in [-0.2, 0) is 4.74 Å². The lowest BCUT2D eigenvalue weighted by Crippen LogP contribution is -2.22. The number of hydrogen-bond donors (Lipinski definition) is 0. The summed E-state index contributed by atoms with van der Waals surface area (Å²) in [5.74, 6) is 0. The van der Waals surface area contributed by atoms with Gasteiger partial charge in [-0.25, -0.2) is 0 Å². The van der Waals surface area contributed by atoms with Gasteiger partial charge in [-0.2, -0.15) is 0 Å². The molecule has 0 bridgehead atoms. The molecule has 16 heavy (non-hydrogen) atoms. The standard InChI is InChI=1S/C11H14N2O3/c1-16-11-5-6-12(8-11)9-3-2-4-10(7-9)13(14)15/h2-4,7,11H,5-6,8H2,1H3. The minimum Gasteiger partial charge on any atom is -0.380 e. The molecule has 1 aliphatic rings. The predicted octanol–water partition coefficient (Wildman–Crippen LogP) is 1.82. The summed E-state index contributed by atoms with van der Waals surface area (Å²) in [5.41, 5.74) is 1.03. The molecule has 1 aliphatic heterocycles. The number of nitro groups is 1. The zero-order valence-corrected chi connectivity index (χ0v) is 9.13. The van der Waals surface area contributed by atoms with E-state index in [0.717, 1.165) is 25.2 Å². The molecule has 1 heterocycles. The largest absolute Gasteiger partial charge is 0.380 e. The zero-order valence-electron chi connectivity index (χ0n) is 9.13. The van der Waals surface area contributed by atoms with E-state index < -0.39 is 0 Å². The number of methoxy groups -OCH3 is 1. The Labute approximate surface area is 93.8 Å². The number of anilines is 1. The molecule has 5 nitrogen and oxygen atoms in total. The molecule has 1 unspecified atom stereocenters. The van der Waals surface area contributed by atoms with Crippen LogP contribution in [0.5, 0.6) is 0 Å². The molecule has 0 spiro atoms. The van der Waals surface area contributed by atoms with Gasteiger partial charge in [0, 0.05) is 38.0 Å². The van der Waals surface area contributed by atoms with Crippen molar-refractivity contribution >= 4 is 11.4 Å². The fourth-order valence-corrected chi connectivity index (χ4v) is 1.96. The van der Waals surface area contributed by atoms with Crippen LogP contribution in [0.25, 0.3) is 0 Å². The van der Waals surface area contributed by atoms with E-state index in [9.17, 15) is 10.1 Å². The number of rotatable bonds is 3. The predicted molar refractivity (Wildman–Crippen MR) is 60.7 cm³/mol. The number of benzene rings is 1. The van der Waals surface area contributed by atoms with Crippen molar-refractivity contribution in [3.05, 3.63) is 34.4 Å². The summed E-state index contributed by atoms with van der Waals surface area (Å²) in [6.07, 6.45) is 1.21. The van der Waals surface area contributed by atoms with Crippen molar-refractivity contribution < 1.29 is 9.66 Å². The van der Waals surface area contributed by atoms with Gasteiger partial charge in [-0.3, -0.25) is 10.1 Å². The van der Waals surface area contributed by atoms with Gasteiger partial charge < -0.3 is 9.64 Å². The van der Waals surface area contributed by atoms with Crippen LogP contribution in [0.4, 0.5) is 11.4 Å². The Morgan fingerprint density at radius 1 is 1.56 bits per heavy atom. The van der Waals surface area contributed by atoms with Crippen LogP contribution in [0.2, 0.25) is 0 Å². The molecule has 0 saturated carbocycles. The molecule has 2 rings (SSSR count). The molecule has 5 heteroatoms. The highest BCUT2D eigenvalue weighted by Crippen LogP contribution is 2.25. The molecule has 0 radical (unpaired) electrons. The van der Waals surface area contributed by atoms with E-state index in [-0.39, 0.29) is 16.7 Å². The molecule has 1 fully saturated rings. The molecule has 0 N–H and O–H groups in total. The molecule has 0 aromatic heterocycles. The lowest BCUT2D eigenvalue weighted by Gasteiger charge is -2.17. The first kappa shape index (κ1) is 10.9. The van der Waals surface area contributed by atoms with Crippen molar-refractivity contribution in [2.75, 3.05) is 25.1 Å². The summed E-state index contributed by atoms with van der Waals surface area (Å²) < 4.78 is 5.27. The first-order valence-corrected chi connectivity index (χ1v) is 5.23. The molecule has 1 atom stereocenters. The molecule has 0 aliphatic carbocycles. The summed E-state index contributed by atoms with van der Waals surface area (Å²) in [6, 6.07) is 6.73. The summed E-state index contributed by atoms with van der Waals surface area (Å²) in [5, 5.41) is 10.7. The van der Waals surface area contributed by atoms with Crippen LogP contribution in [0.15, 0.2) is 24.3 Å². The van der Waals surface area contributed by atoms with Crippen molar-refractivity contribution in [3.8, 4) is 0 Å². The Morgan fingerprint density at radius 2 is 2.38 bits per heavy atom. The number of nitrogens with zero attached hydrogens (tertiary/aromatic N) is 2. The lowest BCUT2D eigenvalue weighted by molar-refractivity contribution is -0.384. The third-order valence-electron chi connectivity index (χ3n) is 2.88. The van der Waals surface area contributed by atoms with Gasteiger partial charge in [-0.05, 0) is 12.5 Å². The molecule has 1 saturated heterocycles. The second-order valence-corrected chi connectivity index (χ2v) is 3.87. The number of nitro benzene ring substituents is 1. The molecular formula is C11H14N2O3. The second kappa shape index (κ2) is 4.49. The number of hydrogen-bond acceptors (Lipinski definition) is 4. The highest BCUT2D eigenvalue weighted by molar-refractivity contribution is 5.53. The molecule has 86 valence electrons. The minimum atomic E-state index is -0.368. The van der Waals surface area contributed by atoms with Gasteiger partial charge in [0.15, 0.2) is 0 Å². The van der Waals surface area contributed by atoms with E-state index in [1.807, 2.05) is 6.07 Å². The van der Waals surface area contributed by atoms with E-state index >= 15 is 0 Å². The topological polar surface area (TPSA) is 55.6 Å². The van der Waals surface area contributed by atoms with Crippen molar-refractivity contribution in [2.24, 2.45) is 0 Å². The molecule has 1 aromatic rings. The van der Waals surface area contributed by atoms with Gasteiger partial charge in [0.2, 0.25) is 0 Å². The summed E-state index contributed by atoms with van der Waals surface area (Å²) in [7, 11) is 1.70. The van der Waals surface area contributed by atoms with E-state index in [2.05, 4.69) is 4.90 Å². The van der Waals surface area contributed by atoms with Crippen LogP contribution in [0, 0.1) is 10.1 Å². The van der Waals surface area contributed by atoms with E-state index in [1.165, 1.54) is 6.07 Å². The van der Waals surface area contributed by atoms with Gasteiger partial charge in [0.25, 0.3) is 5.69 Å². The molecular weight excluding hydrogens is 208 g/mol. The van der Waals surface area contributed by atoms with Gasteiger partial charge in [-0.1, -0.05) is 6.07 Å². The van der Waals surface area contributed by atoms with E-state index in [0.29, 0.717) is 0 Å². The van der Waals surface area contributed by atoms with Gasteiger partial charge in [-0.15, -0.1) is 0 Å². The van der Waals surface area contributed by atoms with Gasteiger partial charge in [0.05, 0.1) is 11.0 Å². The maximum atomic E-state index is 10.7. The Kier molecular flexibility index (Phi) is 3.05. The summed E-state index contributed by atoms with van der Waals surface area (Å²) >= 11 is 0. The lowest BCUT2D eigenvalue weighted by atomic mass is 10.2. The Morgan fingerprint density at radius 3 is 3.00 bits per heavy atom. The van der Waals surface area contributed by atoms with Crippen LogP contribution < -0.4 is 4.90 Å². The average Bonchev–Trinajstić information content (AvgIpc) is 2.77. The quantitative estimate of drug-likeness (QED) is 0.578. The third-order valence-corrected chi connectivity index (χ3v) is 2.88.